The molecule has 0 aliphatic carbocycles. The van der Waals surface area contributed by atoms with Gasteiger partial charge in [0.25, 0.3) is 0 Å². The lowest BCUT2D eigenvalue weighted by molar-refractivity contribution is -0.387. The van der Waals surface area contributed by atoms with Gasteiger partial charge in [-0.1, -0.05) is 6.07 Å². The van der Waals surface area contributed by atoms with Gasteiger partial charge in [-0.15, -0.1) is 0 Å². The first-order chi connectivity index (χ1) is 8.56. The Morgan fingerprint density at radius 2 is 2.11 bits per heavy atom. The van der Waals surface area contributed by atoms with Crippen LogP contribution in [-0.2, 0) is 0 Å². The largest absolute Gasteiger partial charge is 0.439 e. The SMILES string of the molecule is Cc1ccc(Oc2ccc(F)c([N+](=O)[O-])c2)nc1. The van der Waals surface area contributed by atoms with Crippen molar-refractivity contribution in [1.82, 2.24) is 4.98 Å². The maximum Gasteiger partial charge on any atom is 0.308 e. The number of benzene rings is 1. The lowest BCUT2D eigenvalue weighted by Gasteiger charge is -2.04. The second-order valence-electron chi connectivity index (χ2n) is 3.65. The number of aryl methyl sites for hydroxylation is 1. The van der Waals surface area contributed by atoms with Crippen molar-refractivity contribution in [2.75, 3.05) is 0 Å². The van der Waals surface area contributed by atoms with E-state index in [9.17, 15) is 14.5 Å². The smallest absolute Gasteiger partial charge is 0.308 e. The molecular formula is C12H9FN2O3. The molecule has 0 saturated heterocycles. The molecule has 5 nitrogen and oxygen atoms in total. The van der Waals surface area contributed by atoms with Crippen LogP contribution in [0, 0.1) is 22.9 Å². The van der Waals surface area contributed by atoms with Crippen LogP contribution in [0.1, 0.15) is 5.56 Å². The zero-order valence-electron chi connectivity index (χ0n) is 9.46. The second kappa shape index (κ2) is 4.79. The van der Waals surface area contributed by atoms with E-state index in [2.05, 4.69) is 4.98 Å². The van der Waals surface area contributed by atoms with Crippen molar-refractivity contribution < 1.29 is 14.1 Å². The Balaban J connectivity index is 2.27. The van der Waals surface area contributed by atoms with E-state index < -0.39 is 16.4 Å². The van der Waals surface area contributed by atoms with Crippen LogP contribution in [0.2, 0.25) is 0 Å². The maximum absolute atomic E-state index is 13.1. The molecule has 1 aromatic carbocycles. The van der Waals surface area contributed by atoms with Gasteiger partial charge in [-0.25, -0.2) is 4.98 Å². The molecule has 92 valence electrons. The molecule has 18 heavy (non-hydrogen) atoms. The fraction of sp³-hybridized carbons (Fsp3) is 0.0833. The third-order valence-corrected chi connectivity index (χ3v) is 2.22. The number of rotatable bonds is 3. The number of hydrogen-bond acceptors (Lipinski definition) is 4. The van der Waals surface area contributed by atoms with E-state index in [0.29, 0.717) is 5.88 Å². The number of halogens is 1. The number of hydrogen-bond donors (Lipinski definition) is 0. The van der Waals surface area contributed by atoms with E-state index in [1.807, 2.05) is 6.92 Å². The quantitative estimate of drug-likeness (QED) is 0.617. The van der Waals surface area contributed by atoms with Crippen molar-refractivity contribution in [1.29, 1.82) is 0 Å². The van der Waals surface area contributed by atoms with E-state index in [4.69, 9.17) is 4.74 Å². The van der Waals surface area contributed by atoms with Crippen LogP contribution in [0.3, 0.4) is 0 Å². The molecule has 0 aliphatic heterocycles. The molecule has 0 amide bonds. The van der Waals surface area contributed by atoms with Crippen molar-refractivity contribution in [3.63, 3.8) is 0 Å². The highest BCUT2D eigenvalue weighted by atomic mass is 19.1. The van der Waals surface area contributed by atoms with Crippen molar-refractivity contribution >= 4 is 5.69 Å². The van der Waals surface area contributed by atoms with Crippen molar-refractivity contribution in [3.05, 3.63) is 58.0 Å². The number of nitrogens with zero attached hydrogens (tertiary/aromatic N) is 2. The lowest BCUT2D eigenvalue weighted by Crippen LogP contribution is -1.94. The van der Waals surface area contributed by atoms with Crippen molar-refractivity contribution in [2.45, 2.75) is 6.92 Å². The van der Waals surface area contributed by atoms with E-state index in [1.165, 1.54) is 6.07 Å². The third kappa shape index (κ3) is 2.60. The number of ether oxygens (including phenoxy) is 1. The summed E-state index contributed by atoms with van der Waals surface area (Å²) >= 11 is 0. The van der Waals surface area contributed by atoms with Crippen LogP contribution in [0.15, 0.2) is 36.5 Å². The minimum atomic E-state index is -0.899. The molecular weight excluding hydrogens is 239 g/mol. The van der Waals surface area contributed by atoms with Crippen molar-refractivity contribution in [2.24, 2.45) is 0 Å². The van der Waals surface area contributed by atoms with Gasteiger partial charge >= 0.3 is 5.69 Å². The zero-order chi connectivity index (χ0) is 13.1. The first-order valence-electron chi connectivity index (χ1n) is 5.11. The predicted octanol–water partition coefficient (Wildman–Crippen LogP) is 3.23. The Hall–Kier alpha value is -2.50. The van der Waals surface area contributed by atoms with E-state index in [0.717, 1.165) is 17.7 Å². The Morgan fingerprint density at radius 1 is 1.33 bits per heavy atom. The third-order valence-electron chi connectivity index (χ3n) is 2.22. The van der Waals surface area contributed by atoms with Gasteiger partial charge in [-0.2, -0.15) is 4.39 Å². The van der Waals surface area contributed by atoms with Gasteiger partial charge in [0, 0.05) is 12.3 Å². The standard InChI is InChI=1S/C12H9FN2O3/c1-8-2-5-12(14-7-8)18-9-3-4-10(13)11(6-9)15(16)17/h2-7H,1H3. The van der Waals surface area contributed by atoms with E-state index in [-0.39, 0.29) is 5.75 Å². The average Bonchev–Trinajstić information content (AvgIpc) is 2.34. The number of aromatic nitrogens is 1. The highest BCUT2D eigenvalue weighted by Crippen LogP contribution is 2.26. The molecule has 0 N–H and O–H groups in total. The highest BCUT2D eigenvalue weighted by molar-refractivity contribution is 5.41. The summed E-state index contributed by atoms with van der Waals surface area (Å²) in [7, 11) is 0. The Labute approximate surface area is 102 Å². The van der Waals surface area contributed by atoms with Gasteiger partial charge in [-0.3, -0.25) is 10.1 Å². The van der Waals surface area contributed by atoms with Crippen LogP contribution >= 0.6 is 0 Å². The number of nitro groups is 1. The molecule has 0 saturated carbocycles. The van der Waals surface area contributed by atoms with Crippen LogP contribution < -0.4 is 4.74 Å². The maximum atomic E-state index is 13.1. The number of nitro benzene ring substituents is 1. The van der Waals surface area contributed by atoms with E-state index in [1.54, 1.807) is 18.3 Å². The summed E-state index contributed by atoms with van der Waals surface area (Å²) < 4.78 is 18.4. The topological polar surface area (TPSA) is 65.3 Å². The normalized spacial score (nSPS) is 10.1. The molecule has 2 aromatic rings. The molecule has 0 bridgehead atoms. The zero-order valence-corrected chi connectivity index (χ0v) is 9.46. The first kappa shape index (κ1) is 12.0. The van der Waals surface area contributed by atoms with E-state index >= 15 is 0 Å². The molecule has 0 atom stereocenters. The lowest BCUT2D eigenvalue weighted by atomic mass is 10.3. The molecule has 0 aliphatic rings. The summed E-state index contributed by atoms with van der Waals surface area (Å²) in [6.45, 7) is 1.87. The van der Waals surface area contributed by atoms with Gasteiger partial charge in [-0.05, 0) is 24.6 Å². The molecule has 6 heteroatoms. The molecule has 0 unspecified atom stereocenters. The molecule has 0 radical (unpaired) electrons. The highest BCUT2D eigenvalue weighted by Gasteiger charge is 2.15. The van der Waals surface area contributed by atoms with Gasteiger partial charge in [0.15, 0.2) is 0 Å². The molecule has 0 spiro atoms. The monoisotopic (exact) mass is 248 g/mol. The van der Waals surface area contributed by atoms with Crippen molar-refractivity contribution in [3.8, 4) is 11.6 Å². The number of pyridine rings is 1. The van der Waals surface area contributed by atoms with Gasteiger partial charge in [0.1, 0.15) is 5.75 Å². The minimum absolute atomic E-state index is 0.166. The van der Waals surface area contributed by atoms with Crippen LogP contribution in [0.4, 0.5) is 10.1 Å². The summed E-state index contributed by atoms with van der Waals surface area (Å²) in [4.78, 5) is 13.7. The fourth-order valence-electron chi connectivity index (χ4n) is 1.33. The summed E-state index contributed by atoms with van der Waals surface area (Å²) in [5.74, 6) is -0.440. The van der Waals surface area contributed by atoms with Crippen LogP contribution in [0.5, 0.6) is 11.6 Å². The molecule has 1 heterocycles. The average molecular weight is 248 g/mol. The van der Waals surface area contributed by atoms with Gasteiger partial charge < -0.3 is 4.74 Å². The molecule has 0 fully saturated rings. The molecule has 1 aromatic heterocycles. The Morgan fingerprint density at radius 3 is 2.72 bits per heavy atom. The predicted molar refractivity (Wildman–Crippen MR) is 62.1 cm³/mol. The summed E-state index contributed by atoms with van der Waals surface area (Å²) in [5.41, 5.74) is 0.340. The molecule has 2 rings (SSSR count). The van der Waals surface area contributed by atoms with Gasteiger partial charge in [0.2, 0.25) is 11.7 Å². The first-order valence-corrected chi connectivity index (χ1v) is 5.11. The van der Waals surface area contributed by atoms with Gasteiger partial charge in [0.05, 0.1) is 11.0 Å². The minimum Gasteiger partial charge on any atom is -0.439 e. The van der Waals surface area contributed by atoms with Crippen LogP contribution in [0.25, 0.3) is 0 Å². The Kier molecular flexibility index (Phi) is 3.18. The summed E-state index contributed by atoms with van der Waals surface area (Å²) in [6, 6.07) is 6.74. The summed E-state index contributed by atoms with van der Waals surface area (Å²) in [6.07, 6.45) is 1.60. The summed E-state index contributed by atoms with van der Waals surface area (Å²) in [5, 5.41) is 10.6. The Bertz CT molecular complexity index is 584. The fourth-order valence-corrected chi connectivity index (χ4v) is 1.33. The second-order valence-corrected chi connectivity index (χ2v) is 3.65. The van der Waals surface area contributed by atoms with Crippen LogP contribution in [-0.4, -0.2) is 9.91 Å².